The molecule has 25 heavy (non-hydrogen) atoms. The summed E-state index contributed by atoms with van der Waals surface area (Å²) in [6.07, 6.45) is -0.0645. The zero-order valence-electron chi connectivity index (χ0n) is 11.8. The van der Waals surface area contributed by atoms with Crippen LogP contribution in [0.5, 0.6) is 11.5 Å². The van der Waals surface area contributed by atoms with Crippen LogP contribution >= 0.6 is 22.6 Å². The molecule has 0 heterocycles. The Morgan fingerprint density at radius 2 is 1.36 bits per heavy atom. The number of hydrogen-bond acceptors (Lipinski definition) is 6. The quantitative estimate of drug-likeness (QED) is 0.253. The summed E-state index contributed by atoms with van der Waals surface area (Å²) in [5, 5.41) is 0. The molecule has 0 radical (unpaired) electrons. The van der Waals surface area contributed by atoms with Crippen LogP contribution in [0.1, 0.15) is 12.5 Å². The van der Waals surface area contributed by atoms with E-state index in [1.807, 2.05) is 0 Å². The van der Waals surface area contributed by atoms with Gasteiger partial charge in [0.1, 0.15) is 3.57 Å². The van der Waals surface area contributed by atoms with Crippen molar-refractivity contribution in [3.8, 4) is 11.5 Å². The number of aryl methyl sites for hydroxylation is 1. The molecule has 0 atom stereocenters. The number of alkyl halides is 6. The molecule has 0 bridgehead atoms. The van der Waals surface area contributed by atoms with E-state index in [1.54, 1.807) is 0 Å². The summed E-state index contributed by atoms with van der Waals surface area (Å²) in [6, 6.07) is 1.61. The molecular formula is C10H7F6IO6S2. The van der Waals surface area contributed by atoms with Gasteiger partial charge in [-0.05, 0) is 40.6 Å². The third-order valence-corrected chi connectivity index (χ3v) is 5.42. The summed E-state index contributed by atoms with van der Waals surface area (Å²) in [5.41, 5.74) is -11.7. The fraction of sp³-hybridized carbons (Fsp3) is 0.400. The molecule has 1 rings (SSSR count). The third-order valence-electron chi connectivity index (χ3n) is 2.48. The molecule has 0 spiro atoms. The lowest BCUT2D eigenvalue weighted by Crippen LogP contribution is -2.29. The van der Waals surface area contributed by atoms with Crippen LogP contribution in [-0.2, 0) is 26.7 Å². The van der Waals surface area contributed by atoms with Crippen molar-refractivity contribution in [3.05, 3.63) is 21.3 Å². The van der Waals surface area contributed by atoms with Crippen molar-refractivity contribution >= 4 is 42.8 Å². The Kier molecular flexibility index (Phi) is 6.16. The van der Waals surface area contributed by atoms with Crippen LogP contribution in [0, 0.1) is 3.57 Å². The summed E-state index contributed by atoms with van der Waals surface area (Å²) in [7, 11) is -12.2. The minimum Gasteiger partial charge on any atom is -0.375 e. The molecule has 0 saturated carbocycles. The summed E-state index contributed by atoms with van der Waals surface area (Å²) in [5.74, 6) is -2.02. The zero-order chi connectivity index (χ0) is 19.8. The highest BCUT2D eigenvalue weighted by Crippen LogP contribution is 2.39. The first-order valence-electron chi connectivity index (χ1n) is 5.86. The molecule has 0 fully saturated rings. The van der Waals surface area contributed by atoms with Gasteiger partial charge in [0.05, 0.1) is 0 Å². The van der Waals surface area contributed by atoms with Gasteiger partial charge in [-0.1, -0.05) is 13.0 Å². The van der Waals surface area contributed by atoms with Crippen LogP contribution in [0.15, 0.2) is 12.1 Å². The predicted octanol–water partition coefficient (Wildman–Crippen LogP) is 3.31. The van der Waals surface area contributed by atoms with Gasteiger partial charge in [-0.15, -0.1) is 0 Å². The van der Waals surface area contributed by atoms with Gasteiger partial charge in [-0.2, -0.15) is 43.2 Å². The fourth-order valence-electron chi connectivity index (χ4n) is 1.33. The molecule has 1 aromatic carbocycles. The number of hydrogen-bond donors (Lipinski definition) is 0. The van der Waals surface area contributed by atoms with Gasteiger partial charge in [0.25, 0.3) is 0 Å². The summed E-state index contributed by atoms with van der Waals surface area (Å²) < 4.78 is 126. The van der Waals surface area contributed by atoms with Crippen molar-refractivity contribution in [2.45, 2.75) is 24.4 Å². The van der Waals surface area contributed by atoms with E-state index in [9.17, 15) is 43.2 Å². The first kappa shape index (κ1) is 22.1. The number of halogens is 7. The Labute approximate surface area is 151 Å². The molecule has 0 unspecified atom stereocenters. The summed E-state index contributed by atoms with van der Waals surface area (Å²) in [6.45, 7) is 1.39. The maximum atomic E-state index is 12.4. The van der Waals surface area contributed by atoms with E-state index >= 15 is 0 Å². The molecule has 0 amide bonds. The first-order valence-corrected chi connectivity index (χ1v) is 9.76. The SMILES string of the molecule is CCc1ccc(OS(=O)(=O)C(F)(F)F)c(I)c1OS(=O)(=O)C(F)(F)F. The second kappa shape index (κ2) is 6.98. The zero-order valence-corrected chi connectivity index (χ0v) is 15.6. The maximum absolute atomic E-state index is 12.4. The summed E-state index contributed by atoms with van der Waals surface area (Å²) in [4.78, 5) is 0. The second-order valence-corrected chi connectivity index (χ2v) is 8.34. The van der Waals surface area contributed by atoms with Crippen LogP contribution < -0.4 is 8.37 Å². The van der Waals surface area contributed by atoms with Crippen molar-refractivity contribution in [2.24, 2.45) is 0 Å². The molecule has 0 aliphatic rings. The topological polar surface area (TPSA) is 86.7 Å². The fourth-order valence-corrected chi connectivity index (χ4v) is 3.35. The van der Waals surface area contributed by atoms with Crippen LogP contribution in [-0.4, -0.2) is 27.9 Å². The van der Waals surface area contributed by atoms with Crippen molar-refractivity contribution in [1.29, 1.82) is 0 Å². The minimum absolute atomic E-state index is 0.0645. The molecule has 0 N–H and O–H groups in total. The Morgan fingerprint density at radius 1 is 0.920 bits per heavy atom. The molecule has 1 aromatic rings. The van der Waals surface area contributed by atoms with Crippen molar-refractivity contribution in [1.82, 2.24) is 0 Å². The summed E-state index contributed by atoms with van der Waals surface area (Å²) >= 11 is 1.11. The lowest BCUT2D eigenvalue weighted by atomic mass is 10.1. The van der Waals surface area contributed by atoms with E-state index in [2.05, 4.69) is 8.37 Å². The Morgan fingerprint density at radius 3 is 1.76 bits per heavy atom. The molecule has 144 valence electrons. The normalized spacial score (nSPS) is 13.6. The van der Waals surface area contributed by atoms with E-state index in [0.29, 0.717) is 0 Å². The van der Waals surface area contributed by atoms with E-state index < -0.39 is 46.3 Å². The highest BCUT2D eigenvalue weighted by molar-refractivity contribution is 14.1. The van der Waals surface area contributed by atoms with Gasteiger partial charge in [-0.3, -0.25) is 0 Å². The molecule has 6 nitrogen and oxygen atoms in total. The molecule has 0 aromatic heterocycles. The Bertz CT molecular complexity index is 859. The smallest absolute Gasteiger partial charge is 0.375 e. The van der Waals surface area contributed by atoms with Crippen LogP contribution in [0.2, 0.25) is 0 Å². The maximum Gasteiger partial charge on any atom is 0.534 e. The molecule has 15 heteroatoms. The van der Waals surface area contributed by atoms with Gasteiger partial charge in [-0.25, -0.2) is 0 Å². The van der Waals surface area contributed by atoms with Crippen molar-refractivity contribution < 1.29 is 51.5 Å². The monoisotopic (exact) mass is 528 g/mol. The van der Waals surface area contributed by atoms with Gasteiger partial charge in [0.2, 0.25) is 0 Å². The van der Waals surface area contributed by atoms with E-state index in [1.165, 1.54) is 6.92 Å². The lowest BCUT2D eigenvalue weighted by Gasteiger charge is -2.16. The average Bonchev–Trinajstić information content (AvgIpc) is 2.40. The predicted molar refractivity (Wildman–Crippen MR) is 79.7 cm³/mol. The third kappa shape index (κ3) is 4.81. The molecule has 0 saturated heterocycles. The Hall–Kier alpha value is -0.970. The minimum atomic E-state index is -6.13. The van der Waals surface area contributed by atoms with E-state index in [0.717, 1.165) is 34.7 Å². The highest BCUT2D eigenvalue weighted by atomic mass is 127. The van der Waals surface area contributed by atoms with Gasteiger partial charge < -0.3 is 8.37 Å². The Balaban J connectivity index is 3.46. The lowest BCUT2D eigenvalue weighted by molar-refractivity contribution is -0.0502. The van der Waals surface area contributed by atoms with Crippen molar-refractivity contribution in [2.75, 3.05) is 0 Å². The largest absolute Gasteiger partial charge is 0.534 e. The average molecular weight is 528 g/mol. The van der Waals surface area contributed by atoms with Crippen LogP contribution in [0.3, 0.4) is 0 Å². The van der Waals surface area contributed by atoms with Gasteiger partial charge in [0, 0.05) is 0 Å². The van der Waals surface area contributed by atoms with Crippen LogP contribution in [0.25, 0.3) is 0 Å². The first-order chi connectivity index (χ1) is 11.0. The molecule has 0 aliphatic heterocycles. The second-order valence-electron chi connectivity index (χ2n) is 4.19. The van der Waals surface area contributed by atoms with Gasteiger partial charge >= 0.3 is 31.3 Å². The molecular weight excluding hydrogens is 521 g/mol. The van der Waals surface area contributed by atoms with Crippen molar-refractivity contribution in [3.63, 3.8) is 0 Å². The van der Waals surface area contributed by atoms with E-state index in [4.69, 9.17) is 0 Å². The van der Waals surface area contributed by atoms with E-state index in [-0.39, 0.29) is 12.0 Å². The standard InChI is InChI=1S/C10H7F6IO6S2/c1-2-5-3-4-6(22-24(18,19)9(11,12)13)7(17)8(5)23-25(20,21)10(14,15)16/h3-4H,2H2,1H3. The number of rotatable bonds is 5. The van der Waals surface area contributed by atoms with Gasteiger partial charge in [0.15, 0.2) is 11.5 Å². The number of benzene rings is 1. The van der Waals surface area contributed by atoms with Crippen LogP contribution in [0.4, 0.5) is 26.3 Å². The highest BCUT2D eigenvalue weighted by Gasteiger charge is 2.50. The molecule has 0 aliphatic carbocycles.